The third-order valence-corrected chi connectivity index (χ3v) is 5.50. The lowest BCUT2D eigenvalue weighted by Crippen LogP contribution is -2.35. The average molecular weight is 405 g/mol. The predicted molar refractivity (Wildman–Crippen MR) is 117 cm³/mol. The van der Waals surface area contributed by atoms with Gasteiger partial charge in [0.2, 0.25) is 5.91 Å². The van der Waals surface area contributed by atoms with Crippen LogP contribution in [0.1, 0.15) is 12.0 Å². The molecule has 0 saturated carbocycles. The standard InChI is InChI=1S/C24H28N4O2/c1-30-17-16-27-15-14-26(13-12-23(27)29)18-21-19-28(22-10-6-3-7-11-22)25-24(21)20-8-4-2-5-9-20/h2-11,19H,12-18H2,1H3. The molecule has 30 heavy (non-hydrogen) atoms. The van der Waals surface area contributed by atoms with Crippen LogP contribution in [0.25, 0.3) is 16.9 Å². The lowest BCUT2D eigenvalue weighted by atomic mass is 10.1. The van der Waals surface area contributed by atoms with Gasteiger partial charge in [0.25, 0.3) is 0 Å². The second-order valence-electron chi connectivity index (χ2n) is 7.55. The average Bonchev–Trinajstić information content (AvgIpc) is 3.13. The zero-order chi connectivity index (χ0) is 20.8. The number of carbonyl (C=O) groups excluding carboxylic acids is 1. The molecular formula is C24H28N4O2. The Morgan fingerprint density at radius 2 is 1.70 bits per heavy atom. The fraction of sp³-hybridized carbons (Fsp3) is 0.333. The van der Waals surface area contributed by atoms with Gasteiger partial charge in [-0.1, -0.05) is 48.5 Å². The van der Waals surface area contributed by atoms with Crippen LogP contribution in [0, 0.1) is 0 Å². The highest BCUT2D eigenvalue weighted by molar-refractivity contribution is 5.76. The number of para-hydroxylation sites is 1. The van der Waals surface area contributed by atoms with Gasteiger partial charge in [-0.3, -0.25) is 9.69 Å². The van der Waals surface area contributed by atoms with Crippen molar-refractivity contribution in [1.82, 2.24) is 19.6 Å². The van der Waals surface area contributed by atoms with Gasteiger partial charge in [-0.15, -0.1) is 0 Å². The van der Waals surface area contributed by atoms with Crippen LogP contribution in [-0.2, 0) is 16.1 Å². The van der Waals surface area contributed by atoms with Crippen LogP contribution in [0.15, 0.2) is 66.9 Å². The number of aromatic nitrogens is 2. The van der Waals surface area contributed by atoms with Crippen LogP contribution in [0.4, 0.5) is 0 Å². The summed E-state index contributed by atoms with van der Waals surface area (Å²) in [7, 11) is 1.67. The van der Waals surface area contributed by atoms with Gasteiger partial charge in [0.15, 0.2) is 0 Å². The van der Waals surface area contributed by atoms with Gasteiger partial charge in [-0.05, 0) is 12.1 Å². The minimum absolute atomic E-state index is 0.206. The first kappa shape index (κ1) is 20.3. The van der Waals surface area contributed by atoms with E-state index >= 15 is 0 Å². The molecule has 0 atom stereocenters. The number of hydrogen-bond donors (Lipinski definition) is 0. The Morgan fingerprint density at radius 1 is 0.967 bits per heavy atom. The van der Waals surface area contributed by atoms with E-state index in [1.54, 1.807) is 7.11 Å². The van der Waals surface area contributed by atoms with Crippen LogP contribution in [0.3, 0.4) is 0 Å². The maximum atomic E-state index is 12.4. The fourth-order valence-corrected chi connectivity index (χ4v) is 3.82. The molecule has 156 valence electrons. The minimum atomic E-state index is 0.206. The van der Waals surface area contributed by atoms with Gasteiger partial charge >= 0.3 is 0 Å². The second-order valence-corrected chi connectivity index (χ2v) is 7.55. The summed E-state index contributed by atoms with van der Waals surface area (Å²) in [6.45, 7) is 4.34. The lowest BCUT2D eigenvalue weighted by molar-refractivity contribution is -0.130. The third-order valence-electron chi connectivity index (χ3n) is 5.50. The molecule has 0 bridgehead atoms. The molecule has 0 N–H and O–H groups in total. The zero-order valence-electron chi connectivity index (χ0n) is 17.4. The molecule has 1 saturated heterocycles. The van der Waals surface area contributed by atoms with Crippen molar-refractivity contribution in [2.45, 2.75) is 13.0 Å². The van der Waals surface area contributed by atoms with Crippen molar-refractivity contribution in [3.8, 4) is 16.9 Å². The Morgan fingerprint density at radius 3 is 2.43 bits per heavy atom. The fourth-order valence-electron chi connectivity index (χ4n) is 3.82. The summed E-state index contributed by atoms with van der Waals surface area (Å²) in [5, 5.41) is 4.91. The Bertz CT molecular complexity index is 956. The molecule has 4 rings (SSSR count). The van der Waals surface area contributed by atoms with Crippen LogP contribution >= 0.6 is 0 Å². The number of nitrogens with zero attached hydrogens (tertiary/aromatic N) is 4. The molecule has 1 amide bonds. The number of hydrogen-bond acceptors (Lipinski definition) is 4. The van der Waals surface area contributed by atoms with Crippen molar-refractivity contribution in [2.75, 3.05) is 39.9 Å². The van der Waals surface area contributed by atoms with Crippen molar-refractivity contribution < 1.29 is 9.53 Å². The summed E-state index contributed by atoms with van der Waals surface area (Å²) in [4.78, 5) is 16.7. The number of amides is 1. The van der Waals surface area contributed by atoms with Crippen molar-refractivity contribution in [1.29, 1.82) is 0 Å². The smallest absolute Gasteiger partial charge is 0.223 e. The number of ether oxygens (including phenoxy) is 1. The van der Waals surface area contributed by atoms with Crippen LogP contribution in [-0.4, -0.2) is 65.4 Å². The first-order chi connectivity index (χ1) is 14.7. The molecule has 2 heterocycles. The number of rotatable bonds is 7. The van der Waals surface area contributed by atoms with E-state index in [-0.39, 0.29) is 5.91 Å². The lowest BCUT2D eigenvalue weighted by Gasteiger charge is -2.21. The molecule has 1 aliphatic heterocycles. The zero-order valence-corrected chi connectivity index (χ0v) is 17.4. The summed E-state index contributed by atoms with van der Waals surface area (Å²) in [5.41, 5.74) is 4.31. The van der Waals surface area contributed by atoms with Gasteiger partial charge < -0.3 is 9.64 Å². The molecular weight excluding hydrogens is 376 g/mol. The van der Waals surface area contributed by atoms with E-state index in [1.165, 1.54) is 5.56 Å². The van der Waals surface area contributed by atoms with Gasteiger partial charge in [-0.25, -0.2) is 4.68 Å². The molecule has 0 aliphatic carbocycles. The normalized spacial score (nSPS) is 15.4. The van der Waals surface area contributed by atoms with E-state index in [2.05, 4.69) is 35.4 Å². The molecule has 6 heteroatoms. The van der Waals surface area contributed by atoms with Gasteiger partial charge in [-0.2, -0.15) is 5.10 Å². The van der Waals surface area contributed by atoms with Gasteiger partial charge in [0, 0.05) is 63.6 Å². The van der Waals surface area contributed by atoms with Gasteiger partial charge in [0.1, 0.15) is 0 Å². The van der Waals surface area contributed by atoms with E-state index in [0.29, 0.717) is 19.6 Å². The Hall–Kier alpha value is -2.96. The molecule has 3 aromatic rings. The summed E-state index contributed by atoms with van der Waals surface area (Å²) in [6.07, 6.45) is 2.66. The Kier molecular flexibility index (Phi) is 6.57. The van der Waals surface area contributed by atoms with E-state index in [0.717, 1.165) is 43.1 Å². The second kappa shape index (κ2) is 9.69. The highest BCUT2D eigenvalue weighted by Crippen LogP contribution is 2.25. The van der Waals surface area contributed by atoms with Crippen molar-refractivity contribution in [2.24, 2.45) is 0 Å². The molecule has 2 aromatic carbocycles. The molecule has 1 fully saturated rings. The summed E-state index contributed by atoms with van der Waals surface area (Å²) in [6, 6.07) is 20.5. The molecule has 1 aromatic heterocycles. The van der Waals surface area contributed by atoms with Crippen LogP contribution < -0.4 is 0 Å². The highest BCUT2D eigenvalue weighted by Gasteiger charge is 2.22. The van der Waals surface area contributed by atoms with E-state index < -0.39 is 0 Å². The van der Waals surface area contributed by atoms with Crippen LogP contribution in [0.5, 0.6) is 0 Å². The number of benzene rings is 2. The maximum absolute atomic E-state index is 12.4. The molecule has 0 spiro atoms. The van der Waals surface area contributed by atoms with Gasteiger partial charge in [0.05, 0.1) is 18.0 Å². The maximum Gasteiger partial charge on any atom is 0.223 e. The van der Waals surface area contributed by atoms with Crippen molar-refractivity contribution >= 4 is 5.91 Å². The molecule has 1 aliphatic rings. The predicted octanol–water partition coefficient (Wildman–Crippen LogP) is 3.22. The molecule has 0 unspecified atom stereocenters. The summed E-state index contributed by atoms with van der Waals surface area (Å²) in [5.74, 6) is 0.206. The summed E-state index contributed by atoms with van der Waals surface area (Å²) >= 11 is 0. The van der Waals surface area contributed by atoms with E-state index in [9.17, 15) is 4.79 Å². The van der Waals surface area contributed by atoms with E-state index in [4.69, 9.17) is 9.84 Å². The van der Waals surface area contributed by atoms with E-state index in [1.807, 2.05) is 46.0 Å². The Balaban J connectivity index is 1.57. The quantitative estimate of drug-likeness (QED) is 0.607. The number of carbonyl (C=O) groups is 1. The largest absolute Gasteiger partial charge is 0.383 e. The minimum Gasteiger partial charge on any atom is -0.383 e. The Labute approximate surface area is 177 Å². The first-order valence-corrected chi connectivity index (χ1v) is 10.4. The highest BCUT2D eigenvalue weighted by atomic mass is 16.5. The topological polar surface area (TPSA) is 50.6 Å². The number of methoxy groups -OCH3 is 1. The first-order valence-electron chi connectivity index (χ1n) is 10.4. The monoisotopic (exact) mass is 404 g/mol. The third kappa shape index (κ3) is 4.78. The SMILES string of the molecule is COCCN1CCN(Cc2cn(-c3ccccc3)nc2-c2ccccc2)CCC1=O. The summed E-state index contributed by atoms with van der Waals surface area (Å²) < 4.78 is 7.10. The molecule has 6 nitrogen and oxygen atoms in total. The molecule has 0 radical (unpaired) electrons. The van der Waals surface area contributed by atoms with Crippen molar-refractivity contribution in [3.63, 3.8) is 0 Å². The van der Waals surface area contributed by atoms with Crippen molar-refractivity contribution in [3.05, 3.63) is 72.4 Å². The van der Waals surface area contributed by atoms with Crippen LogP contribution in [0.2, 0.25) is 0 Å².